The van der Waals surface area contributed by atoms with E-state index in [-0.39, 0.29) is 48.2 Å². The Morgan fingerprint density at radius 1 is 1.20 bits per heavy atom. The molecule has 2 aromatic rings. The molecule has 35 heavy (non-hydrogen) atoms. The summed E-state index contributed by atoms with van der Waals surface area (Å²) in [6.07, 6.45) is 5.26. The van der Waals surface area contributed by atoms with E-state index in [1.807, 2.05) is 24.3 Å². The smallest absolute Gasteiger partial charge is 0.311 e. The van der Waals surface area contributed by atoms with Gasteiger partial charge in [0.15, 0.2) is 6.61 Å². The highest BCUT2D eigenvalue weighted by atomic mass is 79.9. The van der Waals surface area contributed by atoms with Gasteiger partial charge in [0.2, 0.25) is 11.7 Å². The van der Waals surface area contributed by atoms with E-state index in [4.69, 9.17) is 9.47 Å². The molecule has 0 saturated heterocycles. The zero-order chi connectivity index (χ0) is 25.4. The highest BCUT2D eigenvalue weighted by molar-refractivity contribution is 9.10. The zero-order valence-corrected chi connectivity index (χ0v) is 21.5. The van der Waals surface area contributed by atoms with Crippen LogP contribution in [0.25, 0.3) is 0 Å². The summed E-state index contributed by atoms with van der Waals surface area (Å²) >= 11 is 3.44. The number of methoxy groups -OCH3 is 1. The molecule has 0 spiro atoms. The van der Waals surface area contributed by atoms with E-state index < -0.39 is 11.0 Å². The van der Waals surface area contributed by atoms with Crippen molar-refractivity contribution >= 4 is 33.4 Å². The number of nitro benzene ring substituents is 1. The third-order valence-electron chi connectivity index (χ3n) is 6.07. The summed E-state index contributed by atoms with van der Waals surface area (Å²) < 4.78 is 11.6. The third-order valence-corrected chi connectivity index (χ3v) is 6.56. The molecule has 1 saturated carbocycles. The van der Waals surface area contributed by atoms with Gasteiger partial charge in [-0.15, -0.1) is 0 Å². The predicted octanol–water partition coefficient (Wildman–Crippen LogP) is 4.61. The van der Waals surface area contributed by atoms with Crippen LogP contribution in [0, 0.1) is 10.1 Å². The SMILES string of the molecule is COc1cc(OCC(=O)N(Cc2cccc(Br)c2)[C@@H](C)C(=O)NC2CCCCC2)ccc1[N+](=O)[O-]. The summed E-state index contributed by atoms with van der Waals surface area (Å²) in [5, 5.41) is 14.2. The van der Waals surface area contributed by atoms with Crippen molar-refractivity contribution in [3.63, 3.8) is 0 Å². The average Bonchev–Trinajstić information content (AvgIpc) is 2.85. The van der Waals surface area contributed by atoms with Crippen LogP contribution in [-0.4, -0.2) is 47.4 Å². The summed E-state index contributed by atoms with van der Waals surface area (Å²) in [6.45, 7) is 1.60. The molecule has 3 rings (SSSR count). The van der Waals surface area contributed by atoms with Gasteiger partial charge >= 0.3 is 5.69 Å². The number of nitro groups is 1. The number of carbonyl (C=O) groups excluding carboxylic acids is 2. The lowest BCUT2D eigenvalue weighted by Gasteiger charge is -2.31. The number of nitrogens with one attached hydrogen (secondary N) is 1. The Labute approximate surface area is 213 Å². The van der Waals surface area contributed by atoms with Crippen LogP contribution in [0.4, 0.5) is 5.69 Å². The van der Waals surface area contributed by atoms with E-state index in [2.05, 4.69) is 21.2 Å². The van der Waals surface area contributed by atoms with Gasteiger partial charge in [-0.1, -0.05) is 47.3 Å². The maximum absolute atomic E-state index is 13.2. The first-order chi connectivity index (χ1) is 16.8. The van der Waals surface area contributed by atoms with Crippen LogP contribution in [0.3, 0.4) is 0 Å². The molecule has 2 amide bonds. The first-order valence-corrected chi connectivity index (χ1v) is 12.4. The van der Waals surface area contributed by atoms with Crippen LogP contribution in [0.15, 0.2) is 46.9 Å². The Kier molecular flexibility index (Phi) is 9.47. The van der Waals surface area contributed by atoms with Crippen LogP contribution in [0.5, 0.6) is 11.5 Å². The van der Waals surface area contributed by atoms with Gasteiger partial charge in [0.05, 0.1) is 12.0 Å². The van der Waals surface area contributed by atoms with Crippen molar-refractivity contribution in [3.8, 4) is 11.5 Å². The van der Waals surface area contributed by atoms with E-state index in [1.54, 1.807) is 6.92 Å². The number of hydrogen-bond donors (Lipinski definition) is 1. The van der Waals surface area contributed by atoms with Crippen molar-refractivity contribution in [1.29, 1.82) is 0 Å². The van der Waals surface area contributed by atoms with Crippen LogP contribution < -0.4 is 14.8 Å². The number of halogens is 1. The van der Waals surface area contributed by atoms with Crippen LogP contribution in [-0.2, 0) is 16.1 Å². The molecule has 1 N–H and O–H groups in total. The molecule has 1 atom stereocenters. The van der Waals surface area contributed by atoms with Crippen molar-refractivity contribution in [3.05, 3.63) is 62.6 Å². The van der Waals surface area contributed by atoms with Crippen molar-refractivity contribution < 1.29 is 24.0 Å². The van der Waals surface area contributed by atoms with Crippen LogP contribution in [0.1, 0.15) is 44.6 Å². The number of rotatable bonds is 10. The number of ether oxygens (including phenoxy) is 2. The van der Waals surface area contributed by atoms with Gasteiger partial charge in [0, 0.05) is 29.2 Å². The molecule has 2 aromatic carbocycles. The fourth-order valence-corrected chi connectivity index (χ4v) is 4.56. The van der Waals surface area contributed by atoms with Crippen molar-refractivity contribution in [2.75, 3.05) is 13.7 Å². The lowest BCUT2D eigenvalue weighted by atomic mass is 9.95. The second kappa shape index (κ2) is 12.5. The second-order valence-corrected chi connectivity index (χ2v) is 9.47. The van der Waals surface area contributed by atoms with E-state index in [9.17, 15) is 19.7 Å². The largest absolute Gasteiger partial charge is 0.490 e. The molecule has 9 nitrogen and oxygen atoms in total. The van der Waals surface area contributed by atoms with E-state index in [1.165, 1.54) is 36.6 Å². The second-order valence-electron chi connectivity index (χ2n) is 8.55. The maximum Gasteiger partial charge on any atom is 0.311 e. The number of benzene rings is 2. The minimum atomic E-state index is -0.710. The molecule has 188 valence electrons. The van der Waals surface area contributed by atoms with Gasteiger partial charge in [0.25, 0.3) is 5.91 Å². The number of nitrogens with zero attached hydrogens (tertiary/aromatic N) is 2. The highest BCUT2D eigenvalue weighted by Gasteiger charge is 2.28. The zero-order valence-electron chi connectivity index (χ0n) is 19.9. The van der Waals surface area contributed by atoms with Gasteiger partial charge in [-0.3, -0.25) is 19.7 Å². The number of hydrogen-bond acceptors (Lipinski definition) is 6. The number of amides is 2. The van der Waals surface area contributed by atoms with Crippen molar-refractivity contribution in [1.82, 2.24) is 10.2 Å². The standard InChI is InChI=1S/C25H30BrN3O6/c1-17(25(31)27-20-9-4-3-5-10-20)28(15-18-7-6-8-19(26)13-18)24(30)16-35-21-11-12-22(29(32)33)23(14-21)34-2/h6-8,11-14,17,20H,3-5,9-10,15-16H2,1-2H3,(H,27,31)/t17-/m0/s1. The molecule has 0 unspecified atom stereocenters. The van der Waals surface area contributed by atoms with E-state index >= 15 is 0 Å². The Balaban J connectivity index is 1.73. The normalized spacial score (nSPS) is 14.6. The van der Waals surface area contributed by atoms with Gasteiger partial charge in [-0.05, 0) is 43.5 Å². The van der Waals surface area contributed by atoms with E-state index in [0.29, 0.717) is 0 Å². The Morgan fingerprint density at radius 3 is 2.60 bits per heavy atom. The van der Waals surface area contributed by atoms with Crippen molar-refractivity contribution in [2.45, 2.75) is 57.7 Å². The topological polar surface area (TPSA) is 111 Å². The van der Waals surface area contributed by atoms with Crippen LogP contribution in [0.2, 0.25) is 0 Å². The first-order valence-electron chi connectivity index (χ1n) is 11.6. The van der Waals surface area contributed by atoms with Gasteiger partial charge in [0.1, 0.15) is 11.8 Å². The lowest BCUT2D eigenvalue weighted by molar-refractivity contribution is -0.385. The maximum atomic E-state index is 13.2. The Morgan fingerprint density at radius 2 is 1.94 bits per heavy atom. The highest BCUT2D eigenvalue weighted by Crippen LogP contribution is 2.30. The molecular formula is C25H30BrN3O6. The molecule has 1 fully saturated rings. The summed E-state index contributed by atoms with van der Waals surface area (Å²) in [5.74, 6) is -0.292. The minimum absolute atomic E-state index is 0.0335. The molecule has 0 aromatic heterocycles. The Hall–Kier alpha value is -3.14. The quantitative estimate of drug-likeness (QED) is 0.343. The predicted molar refractivity (Wildman–Crippen MR) is 134 cm³/mol. The molecule has 10 heteroatoms. The summed E-state index contributed by atoms with van der Waals surface area (Å²) in [7, 11) is 1.32. The molecular weight excluding hydrogens is 518 g/mol. The summed E-state index contributed by atoms with van der Waals surface area (Å²) in [4.78, 5) is 38.3. The molecule has 0 radical (unpaired) electrons. The summed E-state index contributed by atoms with van der Waals surface area (Å²) in [6, 6.07) is 11.0. The average molecular weight is 548 g/mol. The molecule has 0 heterocycles. The first kappa shape index (κ1) is 26.5. The van der Waals surface area contributed by atoms with E-state index in [0.717, 1.165) is 35.7 Å². The molecule has 1 aliphatic rings. The fourth-order valence-electron chi connectivity index (χ4n) is 4.11. The minimum Gasteiger partial charge on any atom is -0.490 e. The lowest BCUT2D eigenvalue weighted by Crippen LogP contribution is -2.51. The van der Waals surface area contributed by atoms with Gasteiger partial charge in [-0.25, -0.2) is 0 Å². The fraction of sp³-hybridized carbons (Fsp3) is 0.440. The monoisotopic (exact) mass is 547 g/mol. The molecule has 0 aliphatic heterocycles. The van der Waals surface area contributed by atoms with Gasteiger partial charge < -0.3 is 19.7 Å². The third kappa shape index (κ3) is 7.42. The molecule has 1 aliphatic carbocycles. The number of carbonyl (C=O) groups is 2. The summed E-state index contributed by atoms with van der Waals surface area (Å²) in [5.41, 5.74) is 0.664. The molecule has 0 bridgehead atoms. The van der Waals surface area contributed by atoms with Crippen molar-refractivity contribution in [2.24, 2.45) is 0 Å². The van der Waals surface area contributed by atoms with Gasteiger partial charge in [-0.2, -0.15) is 0 Å². The Bertz CT molecular complexity index is 1060. The van der Waals surface area contributed by atoms with Crippen LogP contribution >= 0.6 is 15.9 Å².